The molecule has 1 aromatic carbocycles. The van der Waals surface area contributed by atoms with Crippen LogP contribution in [0, 0.1) is 12.3 Å². The number of likely N-dealkylation sites (tertiary alicyclic amines) is 1. The van der Waals surface area contributed by atoms with Crippen LogP contribution in [-0.2, 0) is 0 Å². The fourth-order valence-electron chi connectivity index (χ4n) is 2.07. The van der Waals surface area contributed by atoms with Crippen LogP contribution in [0.5, 0.6) is 0 Å². The van der Waals surface area contributed by atoms with E-state index in [1.807, 2.05) is 57.1 Å². The lowest BCUT2D eigenvalue weighted by Gasteiger charge is -2.13. The summed E-state index contributed by atoms with van der Waals surface area (Å²) in [6.45, 7) is 9.24. The number of aldehydes is 1. The van der Waals surface area contributed by atoms with Crippen molar-refractivity contribution in [2.75, 3.05) is 32.6 Å². The molecule has 0 unspecified atom stereocenters. The number of para-hydroxylation sites is 1. The third kappa shape index (κ3) is 10.5. The van der Waals surface area contributed by atoms with Gasteiger partial charge >= 0.3 is 0 Å². The highest BCUT2D eigenvalue weighted by Crippen LogP contribution is 2.14. The molecule has 1 saturated heterocycles. The van der Waals surface area contributed by atoms with Gasteiger partial charge in [-0.05, 0) is 52.4 Å². The molecule has 0 spiro atoms. The van der Waals surface area contributed by atoms with Gasteiger partial charge in [0.05, 0.1) is 0 Å². The summed E-state index contributed by atoms with van der Waals surface area (Å²) >= 11 is 0. The van der Waals surface area contributed by atoms with Crippen LogP contribution < -0.4 is 4.90 Å². The van der Waals surface area contributed by atoms with E-state index in [9.17, 15) is 4.79 Å². The van der Waals surface area contributed by atoms with Crippen molar-refractivity contribution in [2.45, 2.75) is 46.6 Å². The molecule has 0 saturated carbocycles. The third-order valence-electron chi connectivity index (χ3n) is 3.43. The minimum atomic E-state index is 0.734. The Morgan fingerprint density at radius 2 is 1.83 bits per heavy atom. The molecule has 1 aliphatic heterocycles. The number of nitrogens with zero attached hydrogens (tertiary/aromatic N) is 2. The molecule has 0 N–H and O–H groups in total. The quantitative estimate of drug-likeness (QED) is 0.599. The highest BCUT2D eigenvalue weighted by atomic mass is 16.1. The van der Waals surface area contributed by atoms with Crippen LogP contribution in [-0.4, -0.2) is 44.9 Å². The van der Waals surface area contributed by atoms with Crippen molar-refractivity contribution in [3.8, 4) is 12.3 Å². The minimum Gasteiger partial charge on any atom is -0.377 e. The van der Waals surface area contributed by atoms with Crippen molar-refractivity contribution in [1.82, 2.24) is 4.90 Å². The lowest BCUT2D eigenvalue weighted by atomic mass is 10.2. The Balaban J connectivity index is 0. The molecule has 1 atom stereocenters. The van der Waals surface area contributed by atoms with Gasteiger partial charge < -0.3 is 9.80 Å². The second-order valence-electron chi connectivity index (χ2n) is 5.33. The van der Waals surface area contributed by atoms with Gasteiger partial charge in [-0.15, -0.1) is 12.3 Å². The fourth-order valence-corrected chi connectivity index (χ4v) is 2.07. The highest BCUT2D eigenvalue weighted by Gasteiger charge is 2.14. The van der Waals surface area contributed by atoms with Crippen molar-refractivity contribution in [3.05, 3.63) is 29.8 Å². The molecule has 3 heteroatoms. The summed E-state index contributed by atoms with van der Waals surface area (Å²) in [5.74, 6) is 2.25. The molecule has 1 aliphatic rings. The molecule has 1 heterocycles. The molecular weight excluding hydrogens is 284 g/mol. The van der Waals surface area contributed by atoms with Crippen LogP contribution in [0.15, 0.2) is 24.3 Å². The number of rotatable bonds is 2. The largest absolute Gasteiger partial charge is 0.377 e. The summed E-state index contributed by atoms with van der Waals surface area (Å²) in [5.41, 5.74) is 1.69. The monoisotopic (exact) mass is 318 g/mol. The van der Waals surface area contributed by atoms with Crippen molar-refractivity contribution in [3.63, 3.8) is 0 Å². The zero-order valence-corrected chi connectivity index (χ0v) is 16.0. The molecule has 1 aromatic rings. The van der Waals surface area contributed by atoms with Crippen molar-refractivity contribution >= 4 is 12.0 Å². The molecule has 3 nitrogen and oxygen atoms in total. The van der Waals surface area contributed by atoms with E-state index in [0.29, 0.717) is 0 Å². The van der Waals surface area contributed by atoms with Crippen molar-refractivity contribution < 1.29 is 4.79 Å². The predicted molar refractivity (Wildman–Crippen MR) is 103 cm³/mol. The first-order chi connectivity index (χ1) is 11.0. The minimum absolute atomic E-state index is 0.734. The molecule has 0 amide bonds. The Labute approximate surface area is 143 Å². The number of anilines is 1. The second-order valence-corrected chi connectivity index (χ2v) is 5.33. The van der Waals surface area contributed by atoms with E-state index in [2.05, 4.69) is 31.2 Å². The maximum Gasteiger partial charge on any atom is 0.152 e. The third-order valence-corrected chi connectivity index (χ3v) is 3.43. The van der Waals surface area contributed by atoms with E-state index < -0.39 is 0 Å². The Kier molecular flexibility index (Phi) is 15.4. The summed E-state index contributed by atoms with van der Waals surface area (Å²) < 4.78 is 0. The number of carbonyl (C=O) groups is 1. The van der Waals surface area contributed by atoms with Gasteiger partial charge in [-0.1, -0.05) is 26.0 Å². The number of hydrogen-bond acceptors (Lipinski definition) is 3. The lowest BCUT2D eigenvalue weighted by molar-refractivity contribution is 0.112. The number of carbonyl (C=O) groups excluding carboxylic acids is 1. The van der Waals surface area contributed by atoms with Gasteiger partial charge in [0.15, 0.2) is 6.29 Å². The highest BCUT2D eigenvalue weighted by molar-refractivity contribution is 5.84. The number of hydrogen-bond donors (Lipinski definition) is 0. The smallest absolute Gasteiger partial charge is 0.152 e. The zero-order valence-electron chi connectivity index (χ0n) is 16.0. The van der Waals surface area contributed by atoms with Gasteiger partial charge in [0.1, 0.15) is 0 Å². The molecule has 1 fully saturated rings. The van der Waals surface area contributed by atoms with Crippen LogP contribution in [0.2, 0.25) is 0 Å². The van der Waals surface area contributed by atoms with Gasteiger partial charge in [-0.2, -0.15) is 0 Å². The van der Waals surface area contributed by atoms with Crippen molar-refractivity contribution in [2.24, 2.45) is 0 Å². The Bertz CT molecular complexity index is 441. The summed E-state index contributed by atoms with van der Waals surface area (Å²) in [7, 11) is 6.03. The van der Waals surface area contributed by atoms with Gasteiger partial charge in [0, 0.05) is 31.4 Å². The molecule has 0 aromatic heterocycles. The van der Waals surface area contributed by atoms with E-state index in [1.165, 1.54) is 19.4 Å². The van der Waals surface area contributed by atoms with Gasteiger partial charge in [-0.3, -0.25) is 4.79 Å². The standard InChI is InChI=1S/C9H11NO.C6H13N.C3H4.C2H6/c1-10(2)9-6-4-3-5-8(9)7-11;1-6-4-3-5-7(6)2;1-3-2;1-2/h3-7H,1-2H3;6H,3-5H2,1-2H3;1H,2H3;1-2H3/t;6-;;/m.1../s1. The normalized spacial score (nSPS) is 15.5. The first-order valence-electron chi connectivity index (χ1n) is 8.27. The average molecular weight is 319 g/mol. The van der Waals surface area contributed by atoms with E-state index in [0.717, 1.165) is 23.6 Å². The lowest BCUT2D eigenvalue weighted by Crippen LogP contribution is -2.20. The van der Waals surface area contributed by atoms with E-state index in [-0.39, 0.29) is 0 Å². The predicted octanol–water partition coefficient (Wildman–Crippen LogP) is 4.33. The maximum atomic E-state index is 10.5. The first-order valence-corrected chi connectivity index (χ1v) is 8.27. The second kappa shape index (κ2) is 15.1. The maximum absolute atomic E-state index is 10.5. The molecule has 2 rings (SSSR count). The van der Waals surface area contributed by atoms with Crippen LogP contribution >= 0.6 is 0 Å². The van der Waals surface area contributed by atoms with Gasteiger partial charge in [-0.25, -0.2) is 0 Å². The van der Waals surface area contributed by atoms with Crippen LogP contribution in [0.3, 0.4) is 0 Å². The van der Waals surface area contributed by atoms with E-state index in [4.69, 9.17) is 0 Å². The van der Waals surface area contributed by atoms with Gasteiger partial charge in [0.25, 0.3) is 0 Å². The molecule has 23 heavy (non-hydrogen) atoms. The Morgan fingerprint density at radius 1 is 1.30 bits per heavy atom. The first kappa shape index (κ1) is 23.5. The SMILES string of the molecule is C#CC.CC.CN(C)c1ccccc1C=O.C[C@@H]1CCCN1C. The molecule has 0 radical (unpaired) electrons. The number of terminal acetylenes is 1. The Morgan fingerprint density at radius 3 is 2.09 bits per heavy atom. The summed E-state index contributed by atoms with van der Waals surface area (Å²) in [5, 5.41) is 0. The van der Waals surface area contributed by atoms with E-state index >= 15 is 0 Å². The molecule has 0 bridgehead atoms. The summed E-state index contributed by atoms with van der Waals surface area (Å²) in [4.78, 5) is 14.8. The van der Waals surface area contributed by atoms with E-state index in [1.54, 1.807) is 6.92 Å². The molecule has 0 aliphatic carbocycles. The summed E-state index contributed by atoms with van der Waals surface area (Å²) in [6.07, 6.45) is 8.27. The molecular formula is C20H34N2O. The van der Waals surface area contributed by atoms with Crippen LogP contribution in [0.25, 0.3) is 0 Å². The average Bonchev–Trinajstić information content (AvgIpc) is 2.94. The van der Waals surface area contributed by atoms with Gasteiger partial charge in [0.2, 0.25) is 0 Å². The molecule has 130 valence electrons. The zero-order chi connectivity index (χ0) is 18.3. The number of benzene rings is 1. The van der Waals surface area contributed by atoms with Crippen LogP contribution in [0.1, 0.15) is 50.9 Å². The summed E-state index contributed by atoms with van der Waals surface area (Å²) in [6, 6.07) is 8.35. The van der Waals surface area contributed by atoms with Crippen molar-refractivity contribution in [1.29, 1.82) is 0 Å². The Hall–Kier alpha value is -1.79. The van der Waals surface area contributed by atoms with Crippen LogP contribution in [0.4, 0.5) is 5.69 Å². The fraction of sp³-hybridized carbons (Fsp3) is 0.550. The topological polar surface area (TPSA) is 23.6 Å².